The Balaban J connectivity index is 2.05. The number of carbonyl (C=O) groups excluding carboxylic acids is 2. The molecule has 0 bridgehead atoms. The van der Waals surface area contributed by atoms with Crippen LogP contribution < -0.4 is 10.6 Å². The van der Waals surface area contributed by atoms with Crippen LogP contribution in [0.1, 0.15) is 51.8 Å². The number of nitrogens with zero attached hydrogens (tertiary/aromatic N) is 3. The lowest BCUT2D eigenvalue weighted by atomic mass is 9.92. The van der Waals surface area contributed by atoms with Crippen LogP contribution in [0, 0.1) is 0 Å². The maximum Gasteiger partial charge on any atom is 0.322 e. The molecule has 170 valence electrons. The van der Waals surface area contributed by atoms with E-state index in [1.807, 2.05) is 30.3 Å². The number of ether oxygens (including phenoxy) is 1. The molecule has 0 aliphatic rings. The Hall–Kier alpha value is -2.87. The van der Waals surface area contributed by atoms with E-state index in [0.29, 0.717) is 30.6 Å². The lowest BCUT2D eigenvalue weighted by Crippen LogP contribution is -2.42. The monoisotopic (exact) mass is 429 g/mol. The number of carbonyl (C=O) groups is 2. The first-order valence-electron chi connectivity index (χ1n) is 10.5. The Labute approximate surface area is 185 Å². The molecule has 2 N–H and O–H groups in total. The average molecular weight is 430 g/mol. The van der Waals surface area contributed by atoms with Gasteiger partial charge >= 0.3 is 6.03 Å². The molecule has 0 aliphatic heterocycles. The standard InChI is InChI=1S/C23H35N5O3/c1-16(2)17-8-10-18(11-9-17)24-22(30)28(12-13-31-7)15-21(29)25-20-14-19(23(3,4)5)26-27(20)6/h8-11,14,16H,12-13,15H2,1-7H3,(H,24,30)(H,25,29). The van der Waals surface area contributed by atoms with Crippen molar-refractivity contribution in [2.45, 2.75) is 46.0 Å². The van der Waals surface area contributed by atoms with Gasteiger partial charge in [-0.3, -0.25) is 9.48 Å². The summed E-state index contributed by atoms with van der Waals surface area (Å²) < 4.78 is 6.74. The van der Waals surface area contributed by atoms with Crippen molar-refractivity contribution < 1.29 is 14.3 Å². The Kier molecular flexibility index (Phi) is 8.21. The molecule has 0 saturated heterocycles. The molecular formula is C23H35N5O3. The summed E-state index contributed by atoms with van der Waals surface area (Å²) >= 11 is 0. The summed E-state index contributed by atoms with van der Waals surface area (Å²) in [5.41, 5.74) is 2.62. The van der Waals surface area contributed by atoms with Crippen molar-refractivity contribution in [1.29, 1.82) is 0 Å². The Morgan fingerprint density at radius 3 is 2.32 bits per heavy atom. The quantitative estimate of drug-likeness (QED) is 0.665. The largest absolute Gasteiger partial charge is 0.383 e. The molecule has 0 aliphatic carbocycles. The van der Waals surface area contributed by atoms with E-state index in [-0.39, 0.29) is 23.9 Å². The molecule has 8 nitrogen and oxygen atoms in total. The number of aryl methyl sites for hydroxylation is 1. The maximum atomic E-state index is 12.8. The van der Waals surface area contributed by atoms with E-state index in [9.17, 15) is 9.59 Å². The molecule has 1 aromatic heterocycles. The SMILES string of the molecule is COCCN(CC(=O)Nc1cc(C(C)(C)C)nn1C)C(=O)Nc1ccc(C(C)C)cc1. The minimum Gasteiger partial charge on any atom is -0.383 e. The van der Waals surface area contributed by atoms with Crippen LogP contribution in [0.5, 0.6) is 0 Å². The lowest BCUT2D eigenvalue weighted by Gasteiger charge is -2.22. The number of methoxy groups -OCH3 is 1. The van der Waals surface area contributed by atoms with Gasteiger partial charge in [-0.2, -0.15) is 5.10 Å². The van der Waals surface area contributed by atoms with Crippen molar-refractivity contribution in [3.8, 4) is 0 Å². The summed E-state index contributed by atoms with van der Waals surface area (Å²) in [6, 6.07) is 9.21. The highest BCUT2D eigenvalue weighted by Gasteiger charge is 2.21. The number of aromatic nitrogens is 2. The summed E-state index contributed by atoms with van der Waals surface area (Å²) in [5, 5.41) is 10.2. The van der Waals surface area contributed by atoms with Gasteiger partial charge in [-0.05, 0) is 23.6 Å². The predicted molar refractivity (Wildman–Crippen MR) is 124 cm³/mol. The molecule has 8 heteroatoms. The third-order valence-corrected chi connectivity index (χ3v) is 4.93. The van der Waals surface area contributed by atoms with Gasteiger partial charge in [-0.1, -0.05) is 46.8 Å². The van der Waals surface area contributed by atoms with E-state index in [2.05, 4.69) is 50.4 Å². The highest BCUT2D eigenvalue weighted by Crippen LogP contribution is 2.23. The predicted octanol–water partition coefficient (Wildman–Crippen LogP) is 3.96. The lowest BCUT2D eigenvalue weighted by molar-refractivity contribution is -0.116. The summed E-state index contributed by atoms with van der Waals surface area (Å²) in [6.45, 7) is 10.9. The van der Waals surface area contributed by atoms with Gasteiger partial charge in [0.1, 0.15) is 12.4 Å². The Morgan fingerprint density at radius 2 is 1.81 bits per heavy atom. The number of rotatable bonds is 8. The van der Waals surface area contributed by atoms with Crippen LogP contribution in [0.4, 0.5) is 16.3 Å². The van der Waals surface area contributed by atoms with Crippen LogP contribution in [-0.2, 0) is 22.0 Å². The van der Waals surface area contributed by atoms with Gasteiger partial charge in [0, 0.05) is 37.9 Å². The summed E-state index contributed by atoms with van der Waals surface area (Å²) in [5.74, 6) is 0.702. The second kappa shape index (κ2) is 10.4. The van der Waals surface area contributed by atoms with Crippen LogP contribution >= 0.6 is 0 Å². The van der Waals surface area contributed by atoms with E-state index in [4.69, 9.17) is 4.74 Å². The number of anilines is 2. The van der Waals surface area contributed by atoms with Crippen LogP contribution in [0.3, 0.4) is 0 Å². The molecule has 2 rings (SSSR count). The van der Waals surface area contributed by atoms with Crippen LogP contribution in [-0.4, -0.2) is 53.4 Å². The molecule has 2 aromatic rings. The molecule has 0 spiro atoms. The first-order chi connectivity index (χ1) is 14.5. The highest BCUT2D eigenvalue weighted by molar-refractivity contribution is 5.96. The molecule has 0 saturated carbocycles. The smallest absolute Gasteiger partial charge is 0.322 e. The van der Waals surface area contributed by atoms with Gasteiger partial charge in [0.15, 0.2) is 0 Å². The fraction of sp³-hybridized carbons (Fsp3) is 0.522. The molecule has 0 atom stereocenters. The number of amides is 3. The van der Waals surface area contributed by atoms with Gasteiger partial charge in [0.25, 0.3) is 0 Å². The Morgan fingerprint density at radius 1 is 1.16 bits per heavy atom. The molecule has 0 radical (unpaired) electrons. The molecule has 1 heterocycles. The van der Waals surface area contributed by atoms with E-state index in [1.54, 1.807) is 18.8 Å². The minimum absolute atomic E-state index is 0.102. The third-order valence-electron chi connectivity index (χ3n) is 4.93. The molecule has 0 unspecified atom stereocenters. The third kappa shape index (κ3) is 7.10. The van der Waals surface area contributed by atoms with Crippen molar-refractivity contribution in [1.82, 2.24) is 14.7 Å². The molecule has 3 amide bonds. The van der Waals surface area contributed by atoms with Crippen molar-refractivity contribution >= 4 is 23.4 Å². The van der Waals surface area contributed by atoms with Crippen LogP contribution in [0.25, 0.3) is 0 Å². The minimum atomic E-state index is -0.357. The molecule has 1 aromatic carbocycles. The average Bonchev–Trinajstić information content (AvgIpc) is 3.06. The van der Waals surface area contributed by atoms with Gasteiger partial charge in [0.2, 0.25) is 5.91 Å². The topological polar surface area (TPSA) is 88.5 Å². The van der Waals surface area contributed by atoms with Gasteiger partial charge in [-0.25, -0.2) is 4.79 Å². The van der Waals surface area contributed by atoms with E-state index in [1.165, 1.54) is 10.5 Å². The van der Waals surface area contributed by atoms with Crippen molar-refractivity contribution in [2.75, 3.05) is 37.4 Å². The fourth-order valence-corrected chi connectivity index (χ4v) is 2.91. The van der Waals surface area contributed by atoms with Crippen molar-refractivity contribution in [2.24, 2.45) is 7.05 Å². The first kappa shape index (κ1) is 24.4. The van der Waals surface area contributed by atoms with E-state index < -0.39 is 0 Å². The molecule has 0 fully saturated rings. The molecule has 31 heavy (non-hydrogen) atoms. The maximum absolute atomic E-state index is 12.8. The highest BCUT2D eigenvalue weighted by atomic mass is 16.5. The van der Waals surface area contributed by atoms with Crippen molar-refractivity contribution in [3.05, 3.63) is 41.6 Å². The number of urea groups is 1. The molecular weight excluding hydrogens is 394 g/mol. The van der Waals surface area contributed by atoms with Gasteiger partial charge in [-0.15, -0.1) is 0 Å². The Bertz CT molecular complexity index is 882. The van der Waals surface area contributed by atoms with Gasteiger partial charge in [0.05, 0.1) is 12.3 Å². The van der Waals surface area contributed by atoms with Crippen LogP contribution in [0.15, 0.2) is 30.3 Å². The summed E-state index contributed by atoms with van der Waals surface area (Å²) in [4.78, 5) is 26.9. The fourth-order valence-electron chi connectivity index (χ4n) is 2.91. The second-order valence-corrected chi connectivity index (χ2v) is 8.96. The van der Waals surface area contributed by atoms with E-state index in [0.717, 1.165) is 5.69 Å². The van der Waals surface area contributed by atoms with E-state index >= 15 is 0 Å². The zero-order valence-electron chi connectivity index (χ0n) is 19.7. The zero-order chi connectivity index (χ0) is 23.2. The van der Waals surface area contributed by atoms with Crippen molar-refractivity contribution in [3.63, 3.8) is 0 Å². The normalized spacial score (nSPS) is 11.5. The number of hydrogen-bond donors (Lipinski definition) is 2. The summed E-state index contributed by atoms with van der Waals surface area (Å²) in [7, 11) is 3.34. The summed E-state index contributed by atoms with van der Waals surface area (Å²) in [6.07, 6.45) is 0. The van der Waals surface area contributed by atoms with Gasteiger partial charge < -0.3 is 20.3 Å². The number of hydrogen-bond acceptors (Lipinski definition) is 4. The number of benzene rings is 1. The number of nitrogens with one attached hydrogen (secondary N) is 2. The zero-order valence-corrected chi connectivity index (χ0v) is 19.7. The second-order valence-electron chi connectivity index (χ2n) is 8.96. The first-order valence-corrected chi connectivity index (χ1v) is 10.5. The van der Waals surface area contributed by atoms with Crippen LogP contribution in [0.2, 0.25) is 0 Å².